The molecule has 1 fully saturated rings. The van der Waals surface area contributed by atoms with Crippen LogP contribution >= 0.6 is 0 Å². The quantitative estimate of drug-likeness (QED) is 0.565. The highest BCUT2D eigenvalue weighted by atomic mass is 16.6. The Balaban J connectivity index is 1.80. The Morgan fingerprint density at radius 1 is 1.13 bits per heavy atom. The van der Waals surface area contributed by atoms with Gasteiger partial charge in [-0.1, -0.05) is 6.07 Å². The van der Waals surface area contributed by atoms with Gasteiger partial charge in [-0.2, -0.15) is 0 Å². The van der Waals surface area contributed by atoms with E-state index in [1.807, 2.05) is 0 Å². The van der Waals surface area contributed by atoms with Gasteiger partial charge in [-0.15, -0.1) is 0 Å². The molecule has 11 nitrogen and oxygen atoms in total. The number of carbonyl (C=O) groups excluding carboxylic acids is 2. The zero-order valence-electron chi connectivity index (χ0n) is 16.2. The van der Waals surface area contributed by atoms with E-state index in [1.165, 1.54) is 42.3 Å². The van der Waals surface area contributed by atoms with Crippen molar-refractivity contribution in [3.63, 3.8) is 0 Å². The molecule has 30 heavy (non-hydrogen) atoms. The van der Waals surface area contributed by atoms with E-state index in [4.69, 9.17) is 4.74 Å². The number of carbonyl (C=O) groups is 2. The van der Waals surface area contributed by atoms with Gasteiger partial charge >= 0.3 is 0 Å². The summed E-state index contributed by atoms with van der Waals surface area (Å²) in [6.45, 7) is 1.59. The van der Waals surface area contributed by atoms with E-state index < -0.39 is 21.7 Å². The average Bonchev–Trinajstić information content (AvgIpc) is 3.09. The number of ether oxygens (including phenoxy) is 1. The van der Waals surface area contributed by atoms with Crippen molar-refractivity contribution in [3.05, 3.63) is 62.2 Å². The number of hydrogen-bond acceptors (Lipinski definition) is 7. The van der Waals surface area contributed by atoms with E-state index in [2.05, 4.69) is 5.32 Å². The number of nitro groups is 2. The first-order valence-corrected chi connectivity index (χ1v) is 8.90. The molecule has 2 aromatic carbocycles. The summed E-state index contributed by atoms with van der Waals surface area (Å²) < 4.78 is 5.04. The highest BCUT2D eigenvalue weighted by molar-refractivity contribution is 6.04. The summed E-state index contributed by atoms with van der Waals surface area (Å²) in [4.78, 5) is 47.6. The van der Waals surface area contributed by atoms with Crippen molar-refractivity contribution in [2.75, 3.05) is 23.9 Å². The molecule has 0 aromatic heterocycles. The minimum atomic E-state index is -0.774. The SMILES string of the molecule is COc1ccc([N+](=O)[O-])c(NC(=O)[C@@H]2CC(=O)N(c3ccc(C)c([N+](=O)[O-])c3)C2)c1. The van der Waals surface area contributed by atoms with Gasteiger partial charge in [0, 0.05) is 36.7 Å². The van der Waals surface area contributed by atoms with Crippen LogP contribution in [0.4, 0.5) is 22.7 Å². The molecule has 156 valence electrons. The summed E-state index contributed by atoms with van der Waals surface area (Å²) >= 11 is 0. The van der Waals surface area contributed by atoms with Gasteiger partial charge in [0.15, 0.2) is 0 Å². The van der Waals surface area contributed by atoms with Crippen molar-refractivity contribution in [2.45, 2.75) is 13.3 Å². The predicted octanol–water partition coefficient (Wildman–Crippen LogP) is 2.81. The fourth-order valence-electron chi connectivity index (χ4n) is 3.23. The van der Waals surface area contributed by atoms with Crippen LogP contribution in [-0.2, 0) is 9.59 Å². The Hall–Kier alpha value is -4.02. The molecule has 1 saturated heterocycles. The zero-order chi connectivity index (χ0) is 22.0. The molecule has 2 aromatic rings. The molecule has 0 radical (unpaired) electrons. The van der Waals surface area contributed by atoms with Crippen LogP contribution in [0.2, 0.25) is 0 Å². The number of nitrogens with zero attached hydrogens (tertiary/aromatic N) is 3. The van der Waals surface area contributed by atoms with Gasteiger partial charge in [-0.25, -0.2) is 0 Å². The van der Waals surface area contributed by atoms with Gasteiger partial charge in [0.1, 0.15) is 11.4 Å². The molecule has 1 N–H and O–H groups in total. The molecule has 0 bridgehead atoms. The van der Waals surface area contributed by atoms with Crippen LogP contribution in [0.25, 0.3) is 0 Å². The van der Waals surface area contributed by atoms with Gasteiger partial charge < -0.3 is 15.0 Å². The molecule has 2 amide bonds. The molecule has 0 unspecified atom stereocenters. The molecule has 0 saturated carbocycles. The van der Waals surface area contributed by atoms with Crippen LogP contribution in [0, 0.1) is 33.1 Å². The van der Waals surface area contributed by atoms with Crippen LogP contribution in [0.15, 0.2) is 36.4 Å². The van der Waals surface area contributed by atoms with E-state index in [0.29, 0.717) is 17.0 Å². The fraction of sp³-hybridized carbons (Fsp3) is 0.263. The van der Waals surface area contributed by atoms with Crippen LogP contribution in [0.1, 0.15) is 12.0 Å². The number of benzene rings is 2. The first kappa shape index (κ1) is 20.7. The third kappa shape index (κ3) is 4.04. The summed E-state index contributed by atoms with van der Waals surface area (Å²) in [5, 5.41) is 24.9. The van der Waals surface area contributed by atoms with Crippen molar-refractivity contribution in [2.24, 2.45) is 5.92 Å². The number of nitro benzene ring substituents is 2. The molecule has 11 heteroatoms. The second-order valence-electron chi connectivity index (χ2n) is 6.76. The van der Waals surface area contributed by atoms with Crippen LogP contribution in [0.3, 0.4) is 0 Å². The van der Waals surface area contributed by atoms with Crippen LogP contribution in [0.5, 0.6) is 5.75 Å². The lowest BCUT2D eigenvalue weighted by atomic mass is 10.1. The maximum Gasteiger partial charge on any atom is 0.293 e. The van der Waals surface area contributed by atoms with E-state index in [-0.39, 0.29) is 35.9 Å². The first-order chi connectivity index (χ1) is 14.2. The van der Waals surface area contributed by atoms with Crippen molar-refractivity contribution in [3.8, 4) is 5.75 Å². The zero-order valence-corrected chi connectivity index (χ0v) is 16.2. The number of nitrogens with one attached hydrogen (secondary N) is 1. The van der Waals surface area contributed by atoms with E-state index in [9.17, 15) is 29.8 Å². The largest absolute Gasteiger partial charge is 0.497 e. The number of hydrogen-bond donors (Lipinski definition) is 1. The molecule has 0 aliphatic carbocycles. The topological polar surface area (TPSA) is 145 Å². The highest BCUT2D eigenvalue weighted by Crippen LogP contribution is 2.32. The maximum absolute atomic E-state index is 12.7. The summed E-state index contributed by atoms with van der Waals surface area (Å²) in [5.41, 5.74) is 0.302. The van der Waals surface area contributed by atoms with E-state index >= 15 is 0 Å². The summed E-state index contributed by atoms with van der Waals surface area (Å²) in [5.74, 6) is -1.38. The van der Waals surface area contributed by atoms with Crippen molar-refractivity contribution in [1.29, 1.82) is 0 Å². The summed E-state index contributed by atoms with van der Waals surface area (Å²) in [6, 6.07) is 8.35. The van der Waals surface area contributed by atoms with Crippen molar-refractivity contribution >= 4 is 34.6 Å². The summed E-state index contributed by atoms with van der Waals surface area (Å²) in [6.07, 6.45) is -0.120. The third-order valence-corrected chi connectivity index (χ3v) is 4.86. The molecule has 1 aliphatic heterocycles. The molecule has 3 rings (SSSR count). The number of amides is 2. The van der Waals surface area contributed by atoms with Crippen molar-refractivity contribution < 1.29 is 24.2 Å². The third-order valence-electron chi connectivity index (χ3n) is 4.86. The highest BCUT2D eigenvalue weighted by Gasteiger charge is 2.36. The lowest BCUT2D eigenvalue weighted by Crippen LogP contribution is -2.28. The molecule has 0 spiro atoms. The standard InChI is InChI=1S/C19H18N4O7/c1-11-3-4-13(8-17(11)23(28)29)21-10-12(7-18(21)24)19(25)20-15-9-14(30-2)5-6-16(15)22(26)27/h3-6,8-9,12H,7,10H2,1-2H3,(H,20,25)/t12-/m1/s1. The number of methoxy groups -OCH3 is 1. The van der Waals surface area contributed by atoms with E-state index in [0.717, 1.165) is 0 Å². The summed E-state index contributed by atoms with van der Waals surface area (Å²) in [7, 11) is 1.39. The van der Waals surface area contributed by atoms with Gasteiger partial charge in [0.25, 0.3) is 11.4 Å². The first-order valence-electron chi connectivity index (χ1n) is 8.90. The molecular formula is C19H18N4O7. The monoisotopic (exact) mass is 414 g/mol. The van der Waals surface area contributed by atoms with Crippen molar-refractivity contribution in [1.82, 2.24) is 0 Å². The Bertz CT molecular complexity index is 1050. The second-order valence-corrected chi connectivity index (χ2v) is 6.76. The van der Waals surface area contributed by atoms with Gasteiger partial charge in [-0.05, 0) is 19.1 Å². The van der Waals surface area contributed by atoms with E-state index in [1.54, 1.807) is 13.0 Å². The smallest absolute Gasteiger partial charge is 0.293 e. The van der Waals surface area contributed by atoms with Gasteiger partial charge in [-0.3, -0.25) is 29.8 Å². The molecule has 1 heterocycles. The minimum absolute atomic E-state index is 0.00263. The Kier molecular flexibility index (Phi) is 5.63. The van der Waals surface area contributed by atoms with Crippen LogP contribution in [-0.4, -0.2) is 35.3 Å². The normalized spacial score (nSPS) is 15.7. The number of rotatable bonds is 6. The second kappa shape index (κ2) is 8.15. The van der Waals surface area contributed by atoms with Gasteiger partial charge in [0.2, 0.25) is 11.8 Å². The Morgan fingerprint density at radius 2 is 1.83 bits per heavy atom. The predicted molar refractivity (Wildman–Crippen MR) is 107 cm³/mol. The Labute approximate surface area is 170 Å². The van der Waals surface area contributed by atoms with Crippen LogP contribution < -0.4 is 15.0 Å². The molecule has 1 atom stereocenters. The fourth-order valence-corrected chi connectivity index (χ4v) is 3.23. The lowest BCUT2D eigenvalue weighted by Gasteiger charge is -2.17. The minimum Gasteiger partial charge on any atom is -0.497 e. The number of anilines is 2. The lowest BCUT2D eigenvalue weighted by molar-refractivity contribution is -0.385. The molecular weight excluding hydrogens is 396 g/mol. The van der Waals surface area contributed by atoms with Gasteiger partial charge in [0.05, 0.1) is 28.6 Å². The Morgan fingerprint density at radius 3 is 2.47 bits per heavy atom. The average molecular weight is 414 g/mol. The number of aryl methyl sites for hydroxylation is 1. The molecule has 1 aliphatic rings. The maximum atomic E-state index is 12.7.